The van der Waals surface area contributed by atoms with Gasteiger partial charge in [0.2, 0.25) is 10.7 Å². The molecule has 6 heterocycles. The van der Waals surface area contributed by atoms with Crippen molar-refractivity contribution >= 4 is 86.9 Å². The van der Waals surface area contributed by atoms with Crippen LogP contribution in [0.25, 0.3) is 11.1 Å². The first-order chi connectivity index (χ1) is 50.1. The van der Waals surface area contributed by atoms with E-state index in [2.05, 4.69) is 41.5 Å². The number of rotatable bonds is 24. The number of aromatic carboxylic acids is 4. The summed E-state index contributed by atoms with van der Waals surface area (Å²) in [7, 11) is -17.9. The van der Waals surface area contributed by atoms with Crippen LogP contribution in [-0.4, -0.2) is 211 Å². The number of benzene rings is 6. The Morgan fingerprint density at radius 3 is 1.15 bits per heavy atom. The Morgan fingerprint density at radius 2 is 0.783 bits per heavy atom. The molecule has 0 amide bonds. The second-order valence-corrected chi connectivity index (χ2v) is 32.6. The van der Waals surface area contributed by atoms with Gasteiger partial charge in [-0.05, 0) is 158 Å². The van der Waals surface area contributed by atoms with Gasteiger partial charge in [0.05, 0.1) is 116 Å². The van der Waals surface area contributed by atoms with Crippen molar-refractivity contribution in [2.75, 3.05) is 124 Å². The Morgan fingerprint density at radius 1 is 0.415 bits per heavy atom. The lowest BCUT2D eigenvalue weighted by Crippen LogP contribution is -3.11. The molecule has 0 aromatic heterocycles. The van der Waals surface area contributed by atoms with Crippen molar-refractivity contribution < 1.29 is 111 Å². The third kappa shape index (κ3) is 19.3. The average molecular weight is 1540 g/mol. The van der Waals surface area contributed by atoms with Crippen molar-refractivity contribution in [3.8, 4) is 23.0 Å². The van der Waals surface area contributed by atoms with Crippen LogP contribution < -0.4 is 59.4 Å². The maximum atomic E-state index is 12.5. The zero-order valence-corrected chi connectivity index (χ0v) is 63.3. The number of anilines is 2. The van der Waals surface area contributed by atoms with E-state index in [-0.39, 0.29) is 59.6 Å². The molecule has 0 aliphatic carbocycles. The molecule has 106 heavy (non-hydrogen) atoms. The Hall–Kier alpha value is -8.70. The molecular formula is C74H90N6O22S4. The standard InChI is InChI=1S/2C31H30N2O11S2.2C6H15N/c34-30(35)18-5-6-19(31(36)37)24(17-18)27-22-7-9-25-20(3-1-11-32(25)13-15-45(38,39)40)28(22)44-29-21-4-2-12-33(14-16-46(41,42)43)26(21)10-8-23(27)29;34-30(35)18-5-6-19(24(17-18)31(36)37)27-22-7-9-25-20(3-1-11-32(25)13-15-45(38,39)40)28(22)44-29-21-4-2-12-33(14-16-46(41,42)43)26(21)10-8-23(27)29;2*1-4-7(5-2)6-3/h2*5-10,17H,1-4,11-16H2,(H3-,34,35,36,37,38,39,40,41,42,43);2*4-6H2,1-3H3. The SMILES string of the molecule is CC[NH+](CC)CC.CC[NH+](CC)CC.O=C(O)c1ccc(C(=O)O)c(C2=c3ccc4c(c3Oc3c2ccc2c3CCCN2CCS(=O)(=O)[O-])CCC[N+]=4CCS(=O)(=O)[O-])c1.O=C(O)c1ccc(C2=c3ccc4c(c3Oc3c2ccc2c3CCCN2CCS(=O)(=O)[O-])CCC[N+]=4CCS(=O)(=O)[O-])c(C(=O)O)c1. The molecule has 0 saturated carbocycles. The fourth-order valence-electron chi connectivity index (χ4n) is 14.7. The molecule has 6 N–H and O–H groups in total. The van der Waals surface area contributed by atoms with Gasteiger partial charge in [-0.15, -0.1) is 0 Å². The van der Waals surface area contributed by atoms with Crippen molar-refractivity contribution in [2.24, 2.45) is 0 Å². The summed E-state index contributed by atoms with van der Waals surface area (Å²) < 4.78 is 154. The fraction of sp³-hybridized carbons (Fsp3) is 0.432. The summed E-state index contributed by atoms with van der Waals surface area (Å²) in [5.41, 5.74) is 6.05. The Kier molecular flexibility index (Phi) is 26.5. The molecule has 572 valence electrons. The summed E-state index contributed by atoms with van der Waals surface area (Å²) in [4.78, 5) is 55.7. The van der Waals surface area contributed by atoms with Crippen LogP contribution in [0.4, 0.5) is 11.4 Å². The molecule has 12 rings (SSSR count). The molecule has 28 nitrogen and oxygen atoms in total. The molecular weight excluding hydrogens is 1450 g/mol. The van der Waals surface area contributed by atoms with Crippen molar-refractivity contribution in [3.05, 3.63) is 173 Å². The van der Waals surface area contributed by atoms with E-state index in [1.807, 2.05) is 9.48 Å². The lowest BCUT2D eigenvalue weighted by atomic mass is 9.85. The molecule has 0 radical (unpaired) electrons. The van der Waals surface area contributed by atoms with E-state index >= 15 is 0 Å². The number of quaternary nitrogens is 2. The topological polar surface area (TPSA) is 418 Å². The monoisotopic (exact) mass is 1540 g/mol. The van der Waals surface area contributed by atoms with E-state index < -0.39 is 87.4 Å². The van der Waals surface area contributed by atoms with Gasteiger partial charge in [-0.3, -0.25) is 0 Å². The number of nitrogens with zero attached hydrogens (tertiary/aromatic N) is 4. The van der Waals surface area contributed by atoms with Gasteiger partial charge >= 0.3 is 23.9 Å². The Bertz CT molecular complexity index is 5160. The molecule has 32 heteroatoms. The summed E-state index contributed by atoms with van der Waals surface area (Å²) in [6, 6.07) is 21.7. The Labute approximate surface area is 616 Å². The number of nitrogens with one attached hydrogen (secondary N) is 2. The third-order valence-corrected chi connectivity index (χ3v) is 22.9. The first-order valence-electron chi connectivity index (χ1n) is 35.5. The second-order valence-electron chi connectivity index (χ2n) is 26.5. The van der Waals surface area contributed by atoms with Gasteiger partial charge in [0, 0.05) is 106 Å². The minimum absolute atomic E-state index is 0.0163. The summed E-state index contributed by atoms with van der Waals surface area (Å²) in [6.07, 6.45) is 4.66. The second kappa shape index (κ2) is 34.5. The van der Waals surface area contributed by atoms with Crippen LogP contribution in [0.3, 0.4) is 0 Å². The molecule has 6 aromatic carbocycles. The highest BCUT2D eigenvalue weighted by molar-refractivity contribution is 7.86. The number of hydrogen-bond donors (Lipinski definition) is 6. The highest BCUT2D eigenvalue weighted by Crippen LogP contribution is 2.48. The van der Waals surface area contributed by atoms with Gasteiger partial charge in [-0.1, -0.05) is 6.07 Å². The molecule has 0 fully saturated rings. The number of carbonyl (C=O) groups is 4. The van der Waals surface area contributed by atoms with Crippen molar-refractivity contribution in [2.45, 2.75) is 92.9 Å². The van der Waals surface area contributed by atoms with Gasteiger partial charge < -0.3 is 67.7 Å². The van der Waals surface area contributed by atoms with Gasteiger partial charge in [-0.25, -0.2) is 62.0 Å². The molecule has 6 aliphatic heterocycles. The molecule has 0 unspecified atom stereocenters. The molecule has 0 saturated heterocycles. The zero-order valence-electron chi connectivity index (χ0n) is 60.0. The van der Waals surface area contributed by atoms with Gasteiger partial charge in [0.1, 0.15) is 56.3 Å². The van der Waals surface area contributed by atoms with E-state index in [1.54, 1.807) is 67.8 Å². The largest absolute Gasteiger partial charge is 0.748 e. The van der Waals surface area contributed by atoms with Crippen LogP contribution in [-0.2, 0) is 66.2 Å². The quantitative estimate of drug-likeness (QED) is 0.0367. The van der Waals surface area contributed by atoms with E-state index in [0.717, 1.165) is 28.3 Å². The lowest BCUT2D eigenvalue weighted by Gasteiger charge is -2.35. The van der Waals surface area contributed by atoms with Gasteiger partial charge in [0.25, 0.3) is 0 Å². The third-order valence-electron chi connectivity index (χ3n) is 20.2. The van der Waals surface area contributed by atoms with E-state index in [0.29, 0.717) is 155 Å². The predicted molar refractivity (Wildman–Crippen MR) is 391 cm³/mol. The summed E-state index contributed by atoms with van der Waals surface area (Å²) >= 11 is 0. The lowest BCUT2D eigenvalue weighted by molar-refractivity contribution is -0.894. The normalized spacial score (nSPS) is 15.0. The molecule has 6 aliphatic rings. The number of ether oxygens (including phenoxy) is 2. The molecule has 6 aromatic rings. The maximum absolute atomic E-state index is 12.5. The number of fused-ring (bicyclic) bond motifs is 12. The van der Waals surface area contributed by atoms with E-state index in [9.17, 15) is 91.5 Å². The first-order valence-corrected chi connectivity index (χ1v) is 41.8. The van der Waals surface area contributed by atoms with Crippen molar-refractivity contribution in [3.63, 3.8) is 0 Å². The smallest absolute Gasteiger partial charge is 0.336 e. The summed E-state index contributed by atoms with van der Waals surface area (Å²) in [5.74, 6) is -5.78. The molecule has 0 atom stereocenters. The van der Waals surface area contributed by atoms with Crippen LogP contribution in [0.2, 0.25) is 0 Å². The van der Waals surface area contributed by atoms with E-state index in [4.69, 9.17) is 9.47 Å². The average Bonchev–Trinajstić information content (AvgIpc) is 0.728. The first kappa shape index (κ1) is 81.4. The fourth-order valence-corrected chi connectivity index (χ4v) is 16.5. The van der Waals surface area contributed by atoms with Crippen LogP contribution in [0, 0.1) is 0 Å². The van der Waals surface area contributed by atoms with Crippen LogP contribution in [0.15, 0.2) is 84.9 Å². The van der Waals surface area contributed by atoms with Gasteiger partial charge in [0.15, 0.2) is 13.1 Å². The van der Waals surface area contributed by atoms with Crippen LogP contribution in [0.1, 0.15) is 153 Å². The van der Waals surface area contributed by atoms with Crippen LogP contribution >= 0.6 is 0 Å². The highest BCUT2D eigenvalue weighted by atomic mass is 32.2. The predicted octanol–water partition coefficient (Wildman–Crippen LogP) is 1.29. The minimum Gasteiger partial charge on any atom is -0.748 e. The van der Waals surface area contributed by atoms with Crippen molar-refractivity contribution in [1.82, 2.24) is 9.15 Å². The molecule has 0 bridgehead atoms. The Balaban J connectivity index is 0.000000208. The minimum atomic E-state index is -4.47. The van der Waals surface area contributed by atoms with Crippen molar-refractivity contribution in [1.29, 1.82) is 0 Å². The number of hydrogen-bond acceptors (Lipinski definition) is 20. The van der Waals surface area contributed by atoms with Gasteiger partial charge in [-0.2, -0.15) is 0 Å². The molecule has 0 spiro atoms. The summed E-state index contributed by atoms with van der Waals surface area (Å²) in [5, 5.41) is 42.2. The van der Waals surface area contributed by atoms with E-state index in [1.165, 1.54) is 69.6 Å². The zero-order chi connectivity index (χ0) is 77.3. The maximum Gasteiger partial charge on any atom is 0.336 e. The highest BCUT2D eigenvalue weighted by Gasteiger charge is 2.36. The van der Waals surface area contributed by atoms with Crippen LogP contribution in [0.5, 0.6) is 23.0 Å². The number of carboxylic acid groups (broad SMARTS) is 4. The summed E-state index contributed by atoms with van der Waals surface area (Å²) in [6.45, 7) is 22.9. The number of carboxylic acids is 4.